The highest BCUT2D eigenvalue weighted by molar-refractivity contribution is 5.73. The van der Waals surface area contributed by atoms with Crippen molar-refractivity contribution in [2.75, 3.05) is 20.3 Å². The fourth-order valence-corrected chi connectivity index (χ4v) is 2.36. The molecule has 2 amide bonds. The summed E-state index contributed by atoms with van der Waals surface area (Å²) in [6.45, 7) is 1.24. The van der Waals surface area contributed by atoms with Gasteiger partial charge in [0.05, 0.1) is 13.7 Å². The number of ether oxygens (including phenoxy) is 3. The summed E-state index contributed by atoms with van der Waals surface area (Å²) in [7, 11) is 1.62. The van der Waals surface area contributed by atoms with E-state index in [9.17, 15) is 4.79 Å². The van der Waals surface area contributed by atoms with Crippen LogP contribution in [0.25, 0.3) is 0 Å². The van der Waals surface area contributed by atoms with Gasteiger partial charge < -0.3 is 24.8 Å². The second-order valence-electron chi connectivity index (χ2n) is 5.41. The topological polar surface area (TPSA) is 68.8 Å². The second kappa shape index (κ2) is 7.59. The summed E-state index contributed by atoms with van der Waals surface area (Å²) in [6.07, 6.45) is -0.202. The first-order chi connectivity index (χ1) is 11.7. The summed E-state index contributed by atoms with van der Waals surface area (Å²) in [6, 6.07) is 14.8. The number of para-hydroxylation sites is 2. The van der Waals surface area contributed by atoms with Crippen molar-refractivity contribution < 1.29 is 19.0 Å². The predicted molar refractivity (Wildman–Crippen MR) is 89.6 cm³/mol. The SMILES string of the molecule is COc1ccc(CNC(=O)NCC2COc3ccccc3O2)cc1. The third-order valence-electron chi connectivity index (χ3n) is 3.67. The van der Waals surface area contributed by atoms with Crippen LogP contribution in [-0.4, -0.2) is 32.4 Å². The molecule has 0 fully saturated rings. The number of carbonyl (C=O) groups excluding carboxylic acids is 1. The molecule has 0 radical (unpaired) electrons. The quantitative estimate of drug-likeness (QED) is 0.884. The zero-order chi connectivity index (χ0) is 16.8. The number of hydrogen-bond acceptors (Lipinski definition) is 4. The van der Waals surface area contributed by atoms with Gasteiger partial charge in [-0.05, 0) is 29.8 Å². The molecule has 0 bridgehead atoms. The molecule has 0 spiro atoms. The van der Waals surface area contributed by atoms with Gasteiger partial charge in [0.2, 0.25) is 0 Å². The first-order valence-corrected chi connectivity index (χ1v) is 7.77. The lowest BCUT2D eigenvalue weighted by molar-refractivity contribution is 0.0918. The van der Waals surface area contributed by atoms with Crippen molar-refractivity contribution in [3.63, 3.8) is 0 Å². The molecule has 24 heavy (non-hydrogen) atoms. The monoisotopic (exact) mass is 328 g/mol. The lowest BCUT2D eigenvalue weighted by Gasteiger charge is -2.26. The summed E-state index contributed by atoms with van der Waals surface area (Å²) >= 11 is 0. The first-order valence-electron chi connectivity index (χ1n) is 7.77. The number of nitrogens with one attached hydrogen (secondary N) is 2. The molecule has 2 aromatic carbocycles. The van der Waals surface area contributed by atoms with Crippen LogP contribution in [0.3, 0.4) is 0 Å². The molecule has 0 aliphatic carbocycles. The van der Waals surface area contributed by atoms with E-state index in [2.05, 4.69) is 10.6 Å². The summed E-state index contributed by atoms with van der Waals surface area (Å²) in [4.78, 5) is 11.9. The zero-order valence-electron chi connectivity index (χ0n) is 13.5. The Morgan fingerprint density at radius 3 is 2.62 bits per heavy atom. The van der Waals surface area contributed by atoms with Crippen molar-refractivity contribution in [2.45, 2.75) is 12.6 Å². The molecule has 3 rings (SSSR count). The average molecular weight is 328 g/mol. The normalized spacial score (nSPS) is 15.5. The molecule has 126 valence electrons. The Morgan fingerprint density at radius 1 is 1.12 bits per heavy atom. The Balaban J connectivity index is 1.41. The number of amides is 2. The van der Waals surface area contributed by atoms with E-state index < -0.39 is 0 Å². The molecule has 2 N–H and O–H groups in total. The summed E-state index contributed by atoms with van der Waals surface area (Å²) < 4.78 is 16.5. The lowest BCUT2D eigenvalue weighted by Crippen LogP contribution is -2.44. The maximum Gasteiger partial charge on any atom is 0.315 e. The highest BCUT2D eigenvalue weighted by atomic mass is 16.6. The Hall–Kier alpha value is -2.89. The number of hydrogen-bond donors (Lipinski definition) is 2. The van der Waals surface area contributed by atoms with Crippen LogP contribution in [0.5, 0.6) is 17.2 Å². The third kappa shape index (κ3) is 4.10. The summed E-state index contributed by atoms with van der Waals surface area (Å²) in [5.74, 6) is 2.23. The van der Waals surface area contributed by atoms with Crippen LogP contribution in [-0.2, 0) is 6.54 Å². The van der Waals surface area contributed by atoms with E-state index in [0.29, 0.717) is 25.4 Å². The van der Waals surface area contributed by atoms with Crippen LogP contribution >= 0.6 is 0 Å². The van der Waals surface area contributed by atoms with Gasteiger partial charge >= 0.3 is 6.03 Å². The smallest absolute Gasteiger partial charge is 0.315 e. The molecule has 2 aromatic rings. The Bertz CT molecular complexity index is 688. The van der Waals surface area contributed by atoms with E-state index in [1.54, 1.807) is 7.11 Å². The van der Waals surface area contributed by atoms with Gasteiger partial charge in [0.15, 0.2) is 17.6 Å². The molecule has 1 aliphatic heterocycles. The largest absolute Gasteiger partial charge is 0.497 e. The van der Waals surface area contributed by atoms with Crippen molar-refractivity contribution in [2.24, 2.45) is 0 Å². The molecule has 0 aromatic heterocycles. The van der Waals surface area contributed by atoms with Crippen LogP contribution in [0.15, 0.2) is 48.5 Å². The molecular weight excluding hydrogens is 308 g/mol. The third-order valence-corrected chi connectivity index (χ3v) is 3.67. The van der Waals surface area contributed by atoms with E-state index in [-0.39, 0.29) is 12.1 Å². The van der Waals surface area contributed by atoms with Crippen LogP contribution in [0.1, 0.15) is 5.56 Å². The number of urea groups is 1. The Kier molecular flexibility index (Phi) is 5.05. The van der Waals surface area contributed by atoms with E-state index in [1.807, 2.05) is 48.5 Å². The maximum absolute atomic E-state index is 11.9. The van der Waals surface area contributed by atoms with Gasteiger partial charge in [-0.15, -0.1) is 0 Å². The molecule has 1 aliphatic rings. The second-order valence-corrected chi connectivity index (χ2v) is 5.41. The van der Waals surface area contributed by atoms with E-state index >= 15 is 0 Å². The van der Waals surface area contributed by atoms with E-state index in [0.717, 1.165) is 17.1 Å². The van der Waals surface area contributed by atoms with Crippen LogP contribution in [0.2, 0.25) is 0 Å². The van der Waals surface area contributed by atoms with Crippen molar-refractivity contribution >= 4 is 6.03 Å². The number of carbonyl (C=O) groups is 1. The van der Waals surface area contributed by atoms with Crippen LogP contribution in [0.4, 0.5) is 4.79 Å². The minimum absolute atomic E-state index is 0.202. The molecular formula is C18H20N2O4. The number of rotatable bonds is 5. The van der Waals surface area contributed by atoms with Gasteiger partial charge in [-0.3, -0.25) is 0 Å². The summed E-state index contributed by atoms with van der Waals surface area (Å²) in [5, 5.41) is 5.60. The molecule has 0 saturated heterocycles. The van der Waals surface area contributed by atoms with Gasteiger partial charge in [0, 0.05) is 6.54 Å². The predicted octanol–water partition coefficient (Wildman–Crippen LogP) is 2.33. The van der Waals surface area contributed by atoms with E-state index in [1.165, 1.54) is 0 Å². The molecule has 6 heteroatoms. The number of fused-ring (bicyclic) bond motifs is 1. The number of benzene rings is 2. The van der Waals surface area contributed by atoms with Gasteiger partial charge in [-0.25, -0.2) is 4.79 Å². The minimum Gasteiger partial charge on any atom is -0.497 e. The zero-order valence-corrected chi connectivity index (χ0v) is 13.5. The standard InChI is InChI=1S/C18H20N2O4/c1-22-14-8-6-13(7-9-14)10-19-18(21)20-11-15-12-23-16-4-2-3-5-17(16)24-15/h2-9,15H,10-12H2,1H3,(H2,19,20,21). The highest BCUT2D eigenvalue weighted by Gasteiger charge is 2.20. The fraction of sp³-hybridized carbons (Fsp3) is 0.278. The molecule has 0 saturated carbocycles. The number of methoxy groups -OCH3 is 1. The molecule has 1 unspecified atom stereocenters. The fourth-order valence-electron chi connectivity index (χ4n) is 2.36. The first kappa shape index (κ1) is 16.0. The maximum atomic E-state index is 11.9. The Morgan fingerprint density at radius 2 is 1.88 bits per heavy atom. The average Bonchev–Trinajstić information content (AvgIpc) is 2.65. The molecule has 1 heterocycles. The van der Waals surface area contributed by atoms with Crippen molar-refractivity contribution in [3.8, 4) is 17.2 Å². The van der Waals surface area contributed by atoms with E-state index in [4.69, 9.17) is 14.2 Å². The molecule has 6 nitrogen and oxygen atoms in total. The Labute approximate surface area is 140 Å². The van der Waals surface area contributed by atoms with Crippen LogP contribution in [0, 0.1) is 0 Å². The molecule has 1 atom stereocenters. The lowest BCUT2D eigenvalue weighted by atomic mass is 10.2. The summed E-state index contributed by atoms with van der Waals surface area (Å²) in [5.41, 5.74) is 0.997. The van der Waals surface area contributed by atoms with Gasteiger partial charge in [0.1, 0.15) is 12.4 Å². The van der Waals surface area contributed by atoms with Gasteiger partial charge in [0.25, 0.3) is 0 Å². The van der Waals surface area contributed by atoms with Crippen molar-refractivity contribution in [1.29, 1.82) is 0 Å². The van der Waals surface area contributed by atoms with Gasteiger partial charge in [-0.1, -0.05) is 24.3 Å². The van der Waals surface area contributed by atoms with Crippen LogP contribution < -0.4 is 24.8 Å². The van der Waals surface area contributed by atoms with Crippen molar-refractivity contribution in [1.82, 2.24) is 10.6 Å². The minimum atomic E-state index is -0.242. The highest BCUT2D eigenvalue weighted by Crippen LogP contribution is 2.30. The van der Waals surface area contributed by atoms with Gasteiger partial charge in [-0.2, -0.15) is 0 Å². The van der Waals surface area contributed by atoms with Crippen molar-refractivity contribution in [3.05, 3.63) is 54.1 Å².